The second kappa shape index (κ2) is 3.61. The van der Waals surface area contributed by atoms with Crippen molar-refractivity contribution in [2.45, 2.75) is 51.9 Å². The highest BCUT2D eigenvalue weighted by Gasteiger charge is 2.34. The fraction of sp³-hybridized carbons (Fsp3) is 1.00. The highest BCUT2D eigenvalue weighted by molar-refractivity contribution is 6.07. The molecule has 0 aliphatic carbocycles. The summed E-state index contributed by atoms with van der Waals surface area (Å²) >= 11 is 0. The molecule has 2 nitrogen and oxygen atoms in total. The van der Waals surface area contributed by atoms with Crippen molar-refractivity contribution in [3.05, 3.63) is 0 Å². The van der Waals surface area contributed by atoms with Crippen LogP contribution in [0.4, 0.5) is 0 Å². The average molecular weight is 202 g/mol. The lowest BCUT2D eigenvalue weighted by Gasteiger charge is -2.51. The van der Waals surface area contributed by atoms with Gasteiger partial charge in [-0.3, -0.25) is 0 Å². The highest BCUT2D eigenvalue weighted by Crippen LogP contribution is 2.22. The number of hydrogen-bond acceptors (Lipinski definition) is 2. The van der Waals surface area contributed by atoms with E-state index in [1.54, 1.807) is 0 Å². The first-order chi connectivity index (χ1) is 5.46. The van der Waals surface area contributed by atoms with Crippen LogP contribution in [0.15, 0.2) is 0 Å². The fourth-order valence-corrected chi connectivity index (χ4v) is 3.83. The van der Waals surface area contributed by atoms with Gasteiger partial charge in [-0.25, -0.2) is 0 Å². The van der Waals surface area contributed by atoms with E-state index in [1.807, 2.05) is 0 Å². The Bertz CT molecular complexity index is 107. The molecule has 0 amide bonds. The highest BCUT2D eigenvalue weighted by atomic mass is 28.2. The minimum Gasteiger partial charge on any atom is -0.324 e. The third-order valence-corrected chi connectivity index (χ3v) is 7.22. The summed E-state index contributed by atoms with van der Waals surface area (Å²) in [6, 6.07) is 3.06. The van der Waals surface area contributed by atoms with Crippen LogP contribution in [0.1, 0.15) is 27.7 Å². The molecule has 1 rings (SSSR count). The largest absolute Gasteiger partial charge is 0.324 e. The van der Waals surface area contributed by atoms with Crippen molar-refractivity contribution < 1.29 is 0 Å². The van der Waals surface area contributed by atoms with Crippen molar-refractivity contribution >= 4 is 20.8 Å². The molecule has 1 heterocycles. The third kappa shape index (κ3) is 1.53. The molecule has 0 aromatic carbocycles. The monoisotopic (exact) mass is 202 g/mol. The molecule has 0 spiro atoms. The van der Waals surface area contributed by atoms with Crippen LogP contribution in [0.2, 0.25) is 0 Å². The smallest absolute Gasteiger partial charge is 0.0792 e. The van der Waals surface area contributed by atoms with E-state index in [0.717, 1.165) is 24.2 Å². The quantitative estimate of drug-likeness (QED) is 0.452. The molecular formula is C8H22N2Si2. The molecule has 4 unspecified atom stereocenters. The summed E-state index contributed by atoms with van der Waals surface area (Å²) in [5, 5.41) is 0. The van der Waals surface area contributed by atoms with Gasteiger partial charge in [0.05, 0.1) is 20.8 Å². The Kier molecular flexibility index (Phi) is 3.14. The Morgan fingerprint density at radius 2 is 0.833 bits per heavy atom. The normalized spacial score (nSPS) is 47.0. The molecule has 1 saturated heterocycles. The van der Waals surface area contributed by atoms with Gasteiger partial charge in [0, 0.05) is 24.2 Å². The standard InChI is InChI=1S/C8H22N2Si2/c1-5-6(2)10(12)8(4)7(3)9(5)11/h5-8H,1-4,11-12H3. The van der Waals surface area contributed by atoms with E-state index in [2.05, 4.69) is 36.8 Å². The van der Waals surface area contributed by atoms with E-state index in [-0.39, 0.29) is 0 Å². The summed E-state index contributed by atoms with van der Waals surface area (Å²) in [5.41, 5.74) is 0. The van der Waals surface area contributed by atoms with Gasteiger partial charge in [0.25, 0.3) is 0 Å². The second-order valence-corrected chi connectivity index (χ2v) is 6.36. The molecule has 0 aromatic heterocycles. The molecule has 0 saturated carbocycles. The predicted molar refractivity (Wildman–Crippen MR) is 61.4 cm³/mol. The van der Waals surface area contributed by atoms with E-state index in [1.165, 1.54) is 20.8 Å². The molecule has 72 valence electrons. The molecule has 1 aliphatic rings. The van der Waals surface area contributed by atoms with Crippen LogP contribution in [0, 0.1) is 0 Å². The lowest BCUT2D eigenvalue weighted by molar-refractivity contribution is 0.0686. The first-order valence-electron chi connectivity index (χ1n) is 4.90. The molecular weight excluding hydrogens is 180 g/mol. The SMILES string of the molecule is CC1C(C)N([SiH3])C(C)C(C)N1[SiH3]. The van der Waals surface area contributed by atoms with E-state index in [9.17, 15) is 0 Å². The van der Waals surface area contributed by atoms with E-state index < -0.39 is 0 Å². The molecule has 1 fully saturated rings. The Hall–Kier alpha value is 0.354. The van der Waals surface area contributed by atoms with Gasteiger partial charge in [0.2, 0.25) is 0 Å². The molecule has 0 radical (unpaired) electrons. The number of rotatable bonds is 0. The van der Waals surface area contributed by atoms with Gasteiger partial charge in [-0.05, 0) is 27.7 Å². The lowest BCUT2D eigenvalue weighted by Crippen LogP contribution is -2.63. The molecule has 1 aliphatic heterocycles. The maximum Gasteiger partial charge on any atom is 0.0792 e. The van der Waals surface area contributed by atoms with E-state index >= 15 is 0 Å². The van der Waals surface area contributed by atoms with Gasteiger partial charge < -0.3 is 9.13 Å². The molecule has 4 atom stereocenters. The second-order valence-electron chi connectivity index (χ2n) is 4.29. The van der Waals surface area contributed by atoms with Gasteiger partial charge in [-0.1, -0.05) is 0 Å². The Morgan fingerprint density at radius 3 is 1.00 bits per heavy atom. The van der Waals surface area contributed by atoms with Crippen LogP contribution in [-0.2, 0) is 0 Å². The van der Waals surface area contributed by atoms with Crippen molar-refractivity contribution in [2.75, 3.05) is 0 Å². The zero-order chi connectivity index (χ0) is 9.46. The Labute approximate surface area is 82.3 Å². The van der Waals surface area contributed by atoms with Crippen molar-refractivity contribution in [2.24, 2.45) is 0 Å². The van der Waals surface area contributed by atoms with Gasteiger partial charge in [-0.15, -0.1) is 0 Å². The molecule has 4 heteroatoms. The van der Waals surface area contributed by atoms with Crippen molar-refractivity contribution in [3.63, 3.8) is 0 Å². The van der Waals surface area contributed by atoms with Crippen LogP contribution in [-0.4, -0.2) is 54.1 Å². The number of nitrogens with zero attached hydrogens (tertiary/aromatic N) is 2. The van der Waals surface area contributed by atoms with Crippen LogP contribution >= 0.6 is 0 Å². The Balaban J connectivity index is 2.76. The topological polar surface area (TPSA) is 6.48 Å². The van der Waals surface area contributed by atoms with Gasteiger partial charge >= 0.3 is 0 Å². The lowest BCUT2D eigenvalue weighted by atomic mass is 10.0. The van der Waals surface area contributed by atoms with Crippen LogP contribution < -0.4 is 0 Å². The first-order valence-corrected chi connectivity index (χ1v) is 6.69. The first kappa shape index (κ1) is 10.4. The summed E-state index contributed by atoms with van der Waals surface area (Å²) < 4.78 is 5.29. The molecule has 0 N–H and O–H groups in total. The molecule has 12 heavy (non-hydrogen) atoms. The minimum atomic E-state index is 0.764. The molecule has 0 bridgehead atoms. The number of hydrogen-bond donors (Lipinski definition) is 0. The van der Waals surface area contributed by atoms with Crippen LogP contribution in [0.25, 0.3) is 0 Å². The molecule has 0 aromatic rings. The summed E-state index contributed by atoms with van der Waals surface area (Å²) in [6.45, 7) is 9.46. The van der Waals surface area contributed by atoms with E-state index in [4.69, 9.17) is 0 Å². The van der Waals surface area contributed by atoms with Crippen LogP contribution in [0.5, 0.6) is 0 Å². The zero-order valence-corrected chi connectivity index (χ0v) is 13.2. The summed E-state index contributed by atoms with van der Waals surface area (Å²) in [4.78, 5) is 0. The third-order valence-electron chi connectivity index (χ3n) is 3.97. The summed E-state index contributed by atoms with van der Waals surface area (Å²) in [6.07, 6.45) is 0. The summed E-state index contributed by atoms with van der Waals surface area (Å²) in [7, 11) is 2.42. The van der Waals surface area contributed by atoms with Crippen molar-refractivity contribution in [1.82, 2.24) is 9.13 Å². The van der Waals surface area contributed by atoms with E-state index in [0.29, 0.717) is 0 Å². The van der Waals surface area contributed by atoms with Crippen LogP contribution in [0.3, 0.4) is 0 Å². The maximum absolute atomic E-state index is 2.64. The van der Waals surface area contributed by atoms with Gasteiger partial charge in [-0.2, -0.15) is 0 Å². The average Bonchev–Trinajstić information content (AvgIpc) is 2.08. The zero-order valence-electron chi connectivity index (χ0n) is 9.20. The predicted octanol–water partition coefficient (Wildman–Crippen LogP) is -1.28. The van der Waals surface area contributed by atoms with Crippen molar-refractivity contribution in [1.29, 1.82) is 0 Å². The van der Waals surface area contributed by atoms with Gasteiger partial charge in [0.1, 0.15) is 0 Å². The Morgan fingerprint density at radius 1 is 0.667 bits per heavy atom. The fourth-order valence-electron chi connectivity index (χ4n) is 2.10. The van der Waals surface area contributed by atoms with Crippen molar-refractivity contribution in [3.8, 4) is 0 Å². The number of piperazine rings is 1. The summed E-state index contributed by atoms with van der Waals surface area (Å²) in [5.74, 6) is 0. The minimum absolute atomic E-state index is 0.764. The maximum atomic E-state index is 2.64. The van der Waals surface area contributed by atoms with Gasteiger partial charge in [0.15, 0.2) is 0 Å².